The Morgan fingerprint density at radius 1 is 1.42 bits per heavy atom. The first-order chi connectivity index (χ1) is 9.26. The van der Waals surface area contributed by atoms with E-state index in [9.17, 15) is 5.11 Å². The van der Waals surface area contributed by atoms with Crippen molar-refractivity contribution in [1.82, 2.24) is 14.9 Å². The van der Waals surface area contributed by atoms with Crippen molar-refractivity contribution in [3.05, 3.63) is 24.0 Å². The van der Waals surface area contributed by atoms with Crippen LogP contribution in [0, 0.1) is 0 Å². The normalized spacial score (nSPS) is 21.0. The maximum Gasteiger partial charge on any atom is 0.121 e. The molecule has 4 N–H and O–H groups in total. The molecule has 1 aliphatic rings. The van der Waals surface area contributed by atoms with Crippen LogP contribution in [0.1, 0.15) is 25.1 Å². The number of H-pyrrole nitrogens is 1. The quantitative estimate of drug-likeness (QED) is 0.731. The van der Waals surface area contributed by atoms with Gasteiger partial charge in [-0.15, -0.1) is 0 Å². The molecule has 0 amide bonds. The number of rotatable bonds is 3. The summed E-state index contributed by atoms with van der Waals surface area (Å²) in [6.07, 6.45) is 3.48. The molecule has 1 aromatic carbocycles. The summed E-state index contributed by atoms with van der Waals surface area (Å²) in [6, 6.07) is 5.98. The van der Waals surface area contributed by atoms with Crippen LogP contribution in [0.2, 0.25) is 0 Å². The minimum Gasteiger partial charge on any atom is -0.399 e. The van der Waals surface area contributed by atoms with Gasteiger partial charge in [0, 0.05) is 11.7 Å². The van der Waals surface area contributed by atoms with Gasteiger partial charge < -0.3 is 15.8 Å². The summed E-state index contributed by atoms with van der Waals surface area (Å²) in [5, 5.41) is 9.43. The molecule has 2 heterocycles. The van der Waals surface area contributed by atoms with Crippen molar-refractivity contribution in [3.63, 3.8) is 0 Å². The predicted octanol–water partition coefficient (Wildman–Crippen LogP) is 1.49. The lowest BCUT2D eigenvalue weighted by Gasteiger charge is -2.33. The molecule has 19 heavy (non-hydrogen) atoms. The molecule has 1 aliphatic heterocycles. The molecule has 1 fully saturated rings. The number of aliphatic hydroxyl groups excluding tert-OH is 1. The van der Waals surface area contributed by atoms with Crippen molar-refractivity contribution >= 4 is 16.7 Å². The fourth-order valence-electron chi connectivity index (χ4n) is 2.82. The zero-order valence-electron chi connectivity index (χ0n) is 11.0. The van der Waals surface area contributed by atoms with Gasteiger partial charge in [0.05, 0.1) is 24.2 Å². The second-order valence-electron chi connectivity index (χ2n) is 5.26. The first kappa shape index (κ1) is 12.4. The van der Waals surface area contributed by atoms with Crippen LogP contribution in [-0.4, -0.2) is 39.2 Å². The average molecular weight is 260 g/mol. The molecule has 1 unspecified atom stereocenters. The molecule has 1 aromatic heterocycles. The number of benzene rings is 1. The number of hydrogen-bond donors (Lipinski definition) is 3. The molecule has 0 spiro atoms. The van der Waals surface area contributed by atoms with E-state index in [0.29, 0.717) is 0 Å². The van der Waals surface area contributed by atoms with E-state index in [1.807, 2.05) is 18.2 Å². The third kappa shape index (κ3) is 2.57. The van der Waals surface area contributed by atoms with Crippen molar-refractivity contribution in [1.29, 1.82) is 0 Å². The lowest BCUT2D eigenvalue weighted by Crippen LogP contribution is -2.41. The van der Waals surface area contributed by atoms with E-state index in [1.165, 1.54) is 12.8 Å². The Balaban J connectivity index is 1.80. The highest BCUT2D eigenvalue weighted by atomic mass is 16.3. The van der Waals surface area contributed by atoms with Gasteiger partial charge in [-0.25, -0.2) is 4.98 Å². The molecular formula is C14H20N4O. The third-order valence-electron chi connectivity index (χ3n) is 3.87. The summed E-state index contributed by atoms with van der Waals surface area (Å²) in [7, 11) is 0. The Labute approximate surface area is 112 Å². The van der Waals surface area contributed by atoms with E-state index in [-0.39, 0.29) is 12.6 Å². The van der Waals surface area contributed by atoms with E-state index in [4.69, 9.17) is 5.73 Å². The number of nitrogens with two attached hydrogens (primary N) is 1. The van der Waals surface area contributed by atoms with Crippen molar-refractivity contribution in [3.8, 4) is 0 Å². The Bertz CT molecular complexity index is 566. The highest BCUT2D eigenvalue weighted by Gasteiger charge is 2.22. The molecule has 1 atom stereocenters. The van der Waals surface area contributed by atoms with Crippen LogP contribution in [-0.2, 0) is 6.54 Å². The number of hydrogen-bond acceptors (Lipinski definition) is 4. The largest absolute Gasteiger partial charge is 0.399 e. The molecule has 0 radical (unpaired) electrons. The highest BCUT2D eigenvalue weighted by molar-refractivity contribution is 5.78. The minimum absolute atomic E-state index is 0.229. The number of anilines is 1. The molecule has 5 heteroatoms. The topological polar surface area (TPSA) is 78.2 Å². The molecule has 0 aliphatic carbocycles. The van der Waals surface area contributed by atoms with E-state index in [2.05, 4.69) is 14.9 Å². The van der Waals surface area contributed by atoms with Crippen LogP contribution >= 0.6 is 0 Å². The van der Waals surface area contributed by atoms with Crippen LogP contribution in [0.5, 0.6) is 0 Å². The van der Waals surface area contributed by atoms with Gasteiger partial charge in [-0.05, 0) is 37.6 Å². The summed E-state index contributed by atoms with van der Waals surface area (Å²) in [5.74, 6) is 0.945. The molecule has 3 rings (SSSR count). The molecule has 0 bridgehead atoms. The number of aromatic amines is 1. The molecule has 1 saturated heterocycles. The number of aromatic nitrogens is 2. The first-order valence-electron chi connectivity index (χ1n) is 6.85. The number of piperidine rings is 1. The number of imidazole rings is 1. The van der Waals surface area contributed by atoms with Gasteiger partial charge in [0.1, 0.15) is 5.82 Å². The van der Waals surface area contributed by atoms with Crippen molar-refractivity contribution in [2.45, 2.75) is 31.8 Å². The Morgan fingerprint density at radius 3 is 3.16 bits per heavy atom. The monoisotopic (exact) mass is 260 g/mol. The molecular weight excluding hydrogens is 240 g/mol. The lowest BCUT2D eigenvalue weighted by atomic mass is 10.0. The fourth-order valence-corrected chi connectivity index (χ4v) is 2.82. The summed E-state index contributed by atoms with van der Waals surface area (Å²) < 4.78 is 0. The van der Waals surface area contributed by atoms with Crippen LogP contribution in [0.15, 0.2) is 18.2 Å². The number of likely N-dealkylation sites (tertiary alicyclic amines) is 1. The van der Waals surface area contributed by atoms with Gasteiger partial charge in [-0.2, -0.15) is 0 Å². The van der Waals surface area contributed by atoms with Gasteiger partial charge in [-0.3, -0.25) is 4.90 Å². The molecule has 5 nitrogen and oxygen atoms in total. The van der Waals surface area contributed by atoms with Crippen LogP contribution in [0.3, 0.4) is 0 Å². The van der Waals surface area contributed by atoms with Gasteiger partial charge in [0.25, 0.3) is 0 Å². The number of aliphatic hydroxyl groups is 1. The summed E-state index contributed by atoms with van der Waals surface area (Å²) in [5.41, 5.74) is 8.44. The standard InChI is InChI=1S/C14H20N4O/c15-10-4-5-12-13(7-10)17-14(16-12)8-18-6-2-1-3-11(18)9-19/h4-5,7,11,19H,1-3,6,8-9,15H2,(H,16,17). The fraction of sp³-hybridized carbons (Fsp3) is 0.500. The van der Waals surface area contributed by atoms with E-state index in [0.717, 1.165) is 42.1 Å². The Morgan fingerprint density at radius 2 is 2.32 bits per heavy atom. The highest BCUT2D eigenvalue weighted by Crippen LogP contribution is 2.20. The number of nitrogens with one attached hydrogen (secondary N) is 1. The third-order valence-corrected chi connectivity index (χ3v) is 3.87. The minimum atomic E-state index is 0.229. The van der Waals surface area contributed by atoms with Crippen LogP contribution < -0.4 is 5.73 Å². The number of nitrogens with zero attached hydrogens (tertiary/aromatic N) is 2. The van der Waals surface area contributed by atoms with E-state index >= 15 is 0 Å². The van der Waals surface area contributed by atoms with E-state index in [1.54, 1.807) is 0 Å². The van der Waals surface area contributed by atoms with Gasteiger partial charge in [-0.1, -0.05) is 6.42 Å². The average Bonchev–Trinajstić information content (AvgIpc) is 2.80. The zero-order valence-corrected chi connectivity index (χ0v) is 11.0. The SMILES string of the molecule is Nc1ccc2nc(CN3CCCCC3CO)[nH]c2c1. The molecule has 0 saturated carbocycles. The van der Waals surface area contributed by atoms with Gasteiger partial charge in [0.2, 0.25) is 0 Å². The Hall–Kier alpha value is -1.59. The second kappa shape index (κ2) is 5.19. The number of fused-ring (bicyclic) bond motifs is 1. The van der Waals surface area contributed by atoms with Gasteiger partial charge in [0.15, 0.2) is 0 Å². The predicted molar refractivity (Wildman–Crippen MR) is 75.6 cm³/mol. The first-order valence-corrected chi connectivity index (χ1v) is 6.85. The second-order valence-corrected chi connectivity index (χ2v) is 5.26. The maximum absolute atomic E-state index is 9.43. The van der Waals surface area contributed by atoms with Crippen molar-refractivity contribution in [2.75, 3.05) is 18.9 Å². The van der Waals surface area contributed by atoms with Crippen molar-refractivity contribution in [2.24, 2.45) is 0 Å². The van der Waals surface area contributed by atoms with Gasteiger partial charge >= 0.3 is 0 Å². The summed E-state index contributed by atoms with van der Waals surface area (Å²) in [4.78, 5) is 10.2. The summed E-state index contributed by atoms with van der Waals surface area (Å²) >= 11 is 0. The smallest absolute Gasteiger partial charge is 0.121 e. The molecule has 2 aromatic rings. The van der Waals surface area contributed by atoms with E-state index < -0.39 is 0 Å². The maximum atomic E-state index is 9.43. The number of nitrogen functional groups attached to an aromatic ring is 1. The molecule has 102 valence electrons. The Kier molecular flexibility index (Phi) is 3.40. The van der Waals surface area contributed by atoms with Crippen LogP contribution in [0.4, 0.5) is 5.69 Å². The van der Waals surface area contributed by atoms with Crippen LogP contribution in [0.25, 0.3) is 11.0 Å². The lowest BCUT2D eigenvalue weighted by molar-refractivity contribution is 0.0822. The van der Waals surface area contributed by atoms with Crippen molar-refractivity contribution < 1.29 is 5.11 Å². The summed E-state index contributed by atoms with van der Waals surface area (Å²) in [6.45, 7) is 2.03. The zero-order chi connectivity index (χ0) is 13.2.